The second-order valence-corrected chi connectivity index (χ2v) is 3.20. The Bertz CT molecular complexity index is 391. The van der Waals surface area contributed by atoms with Crippen LogP contribution in [-0.4, -0.2) is 17.7 Å². The van der Waals surface area contributed by atoms with Gasteiger partial charge in [0.15, 0.2) is 0 Å². The Morgan fingerprint density at radius 2 is 1.93 bits per heavy atom. The Kier molecular flexibility index (Phi) is 3.44. The monoisotopic (exact) mass is 225 g/mol. The number of benzene rings is 1. The first-order chi connectivity index (χ1) is 6.70. The molecule has 2 rings (SSSR count). The number of anilines is 1. The molecule has 0 saturated heterocycles. The van der Waals surface area contributed by atoms with Gasteiger partial charge in [0.1, 0.15) is 6.04 Å². The molecule has 5 heteroatoms. The predicted octanol–water partition coefficient (Wildman–Crippen LogP) is 1.16. The maximum atomic E-state index is 11.6. The van der Waals surface area contributed by atoms with Gasteiger partial charge in [-0.3, -0.25) is 4.79 Å². The van der Waals surface area contributed by atoms with Crippen LogP contribution in [-0.2, 0) is 4.79 Å². The molecule has 1 heterocycles. The summed E-state index contributed by atoms with van der Waals surface area (Å²) in [5, 5.41) is 5.44. The number of carbonyl (C=O) groups excluding carboxylic acids is 1. The van der Waals surface area contributed by atoms with Crippen molar-refractivity contribution >= 4 is 29.7 Å². The van der Waals surface area contributed by atoms with Crippen LogP contribution in [0.5, 0.6) is 0 Å². The molecule has 0 saturated carbocycles. The molecule has 0 radical (unpaired) electrons. The van der Waals surface area contributed by atoms with E-state index in [4.69, 9.17) is 5.73 Å². The third-order valence-corrected chi connectivity index (χ3v) is 2.18. The second-order valence-electron chi connectivity index (χ2n) is 3.20. The van der Waals surface area contributed by atoms with E-state index in [1.165, 1.54) is 5.01 Å². The third kappa shape index (κ3) is 2.00. The highest BCUT2D eigenvalue weighted by atomic mass is 35.5. The molecule has 1 aromatic rings. The molecule has 1 aliphatic rings. The molecule has 80 valence electrons. The number of halogens is 1. The standard InChI is InChI=1S/C10H11N3O.ClH/c1-7-9(11)10(14)13(12-7)8-5-3-2-4-6-8;/h2-6,9H,11H2,1H3;1H. The molecule has 0 aromatic heterocycles. The van der Waals surface area contributed by atoms with Gasteiger partial charge in [-0.05, 0) is 19.1 Å². The zero-order chi connectivity index (χ0) is 10.1. The number of hydrogen-bond donors (Lipinski definition) is 1. The SMILES string of the molecule is CC1=NN(c2ccccc2)C(=O)C1N.Cl. The van der Waals surface area contributed by atoms with E-state index in [1.807, 2.05) is 30.3 Å². The summed E-state index contributed by atoms with van der Waals surface area (Å²) < 4.78 is 0. The summed E-state index contributed by atoms with van der Waals surface area (Å²) in [7, 11) is 0. The molecular formula is C10H12ClN3O. The van der Waals surface area contributed by atoms with Crippen LogP contribution >= 0.6 is 12.4 Å². The molecular weight excluding hydrogens is 214 g/mol. The van der Waals surface area contributed by atoms with Crippen molar-refractivity contribution in [3.05, 3.63) is 30.3 Å². The van der Waals surface area contributed by atoms with E-state index < -0.39 is 6.04 Å². The average Bonchev–Trinajstić information content (AvgIpc) is 2.47. The number of para-hydroxylation sites is 1. The normalized spacial score (nSPS) is 19.9. The molecule has 1 aromatic carbocycles. The number of rotatable bonds is 1. The lowest BCUT2D eigenvalue weighted by Gasteiger charge is -2.11. The smallest absolute Gasteiger partial charge is 0.270 e. The Balaban J connectivity index is 0.00000112. The number of nitrogens with zero attached hydrogens (tertiary/aromatic N) is 2. The molecule has 1 unspecified atom stereocenters. The summed E-state index contributed by atoms with van der Waals surface area (Å²) in [5.74, 6) is -0.172. The number of carbonyl (C=O) groups is 1. The molecule has 15 heavy (non-hydrogen) atoms. The number of amides is 1. The van der Waals surface area contributed by atoms with Gasteiger partial charge in [-0.25, -0.2) is 0 Å². The Morgan fingerprint density at radius 3 is 2.40 bits per heavy atom. The minimum atomic E-state index is -0.588. The molecule has 1 aliphatic heterocycles. The first-order valence-electron chi connectivity index (χ1n) is 4.40. The zero-order valence-electron chi connectivity index (χ0n) is 8.25. The van der Waals surface area contributed by atoms with Crippen LogP contribution in [0.25, 0.3) is 0 Å². The van der Waals surface area contributed by atoms with Crippen LogP contribution < -0.4 is 10.7 Å². The molecule has 2 N–H and O–H groups in total. The minimum absolute atomic E-state index is 0. The van der Waals surface area contributed by atoms with Crippen LogP contribution in [0.1, 0.15) is 6.92 Å². The molecule has 0 aliphatic carbocycles. The molecule has 4 nitrogen and oxygen atoms in total. The van der Waals surface area contributed by atoms with Crippen LogP contribution in [0.15, 0.2) is 35.4 Å². The van der Waals surface area contributed by atoms with Gasteiger partial charge < -0.3 is 5.73 Å². The van der Waals surface area contributed by atoms with Crippen molar-refractivity contribution in [3.63, 3.8) is 0 Å². The van der Waals surface area contributed by atoms with Gasteiger partial charge in [0.05, 0.1) is 11.4 Å². The lowest BCUT2D eigenvalue weighted by Crippen LogP contribution is -2.38. The minimum Gasteiger partial charge on any atom is -0.315 e. The lowest BCUT2D eigenvalue weighted by molar-refractivity contribution is -0.117. The summed E-state index contributed by atoms with van der Waals surface area (Å²) in [6, 6.07) is 8.67. The summed E-state index contributed by atoms with van der Waals surface area (Å²) >= 11 is 0. The number of hydrazone groups is 1. The highest BCUT2D eigenvalue weighted by molar-refractivity contribution is 6.17. The Labute approximate surface area is 94.2 Å². The van der Waals surface area contributed by atoms with E-state index >= 15 is 0 Å². The van der Waals surface area contributed by atoms with E-state index in [0.717, 1.165) is 5.69 Å². The number of nitrogens with two attached hydrogens (primary N) is 1. The van der Waals surface area contributed by atoms with Crippen molar-refractivity contribution in [2.45, 2.75) is 13.0 Å². The van der Waals surface area contributed by atoms with Crippen molar-refractivity contribution in [3.8, 4) is 0 Å². The zero-order valence-corrected chi connectivity index (χ0v) is 9.07. The highest BCUT2D eigenvalue weighted by Gasteiger charge is 2.30. The number of hydrogen-bond acceptors (Lipinski definition) is 3. The molecule has 0 spiro atoms. The topological polar surface area (TPSA) is 58.7 Å². The van der Waals surface area contributed by atoms with Crippen LogP contribution in [0.2, 0.25) is 0 Å². The van der Waals surface area contributed by atoms with Crippen molar-refractivity contribution < 1.29 is 4.79 Å². The van der Waals surface area contributed by atoms with Crippen LogP contribution in [0.3, 0.4) is 0 Å². The van der Waals surface area contributed by atoms with E-state index in [2.05, 4.69) is 5.10 Å². The average molecular weight is 226 g/mol. The molecule has 1 amide bonds. The summed E-state index contributed by atoms with van der Waals surface area (Å²) in [6.07, 6.45) is 0. The molecule has 0 fully saturated rings. The van der Waals surface area contributed by atoms with Crippen molar-refractivity contribution in [2.75, 3.05) is 5.01 Å². The molecule has 0 bridgehead atoms. The van der Waals surface area contributed by atoms with Gasteiger partial charge in [-0.1, -0.05) is 18.2 Å². The first kappa shape index (κ1) is 11.7. The first-order valence-corrected chi connectivity index (χ1v) is 4.40. The summed E-state index contributed by atoms with van der Waals surface area (Å²) in [5.41, 5.74) is 7.03. The van der Waals surface area contributed by atoms with E-state index in [0.29, 0.717) is 5.71 Å². The quantitative estimate of drug-likeness (QED) is 0.780. The van der Waals surface area contributed by atoms with Gasteiger partial charge in [-0.15, -0.1) is 12.4 Å². The maximum Gasteiger partial charge on any atom is 0.270 e. The molecule has 1 atom stereocenters. The Hall–Kier alpha value is -1.39. The van der Waals surface area contributed by atoms with Gasteiger partial charge in [0, 0.05) is 0 Å². The van der Waals surface area contributed by atoms with Gasteiger partial charge in [0.25, 0.3) is 5.91 Å². The van der Waals surface area contributed by atoms with E-state index in [1.54, 1.807) is 6.92 Å². The fourth-order valence-electron chi connectivity index (χ4n) is 1.33. The van der Waals surface area contributed by atoms with Gasteiger partial charge in [0.2, 0.25) is 0 Å². The van der Waals surface area contributed by atoms with E-state index in [-0.39, 0.29) is 18.3 Å². The second kappa shape index (κ2) is 4.42. The van der Waals surface area contributed by atoms with Crippen molar-refractivity contribution in [1.82, 2.24) is 0 Å². The van der Waals surface area contributed by atoms with Crippen molar-refractivity contribution in [2.24, 2.45) is 10.8 Å². The lowest BCUT2D eigenvalue weighted by atomic mass is 10.2. The fourth-order valence-corrected chi connectivity index (χ4v) is 1.33. The van der Waals surface area contributed by atoms with Crippen molar-refractivity contribution in [1.29, 1.82) is 0 Å². The highest BCUT2D eigenvalue weighted by Crippen LogP contribution is 2.18. The Morgan fingerprint density at radius 1 is 1.33 bits per heavy atom. The summed E-state index contributed by atoms with van der Waals surface area (Å²) in [6.45, 7) is 1.76. The predicted molar refractivity (Wildman–Crippen MR) is 62.3 cm³/mol. The van der Waals surface area contributed by atoms with Crippen LogP contribution in [0.4, 0.5) is 5.69 Å². The third-order valence-electron chi connectivity index (χ3n) is 2.18. The van der Waals surface area contributed by atoms with Gasteiger partial charge in [-0.2, -0.15) is 10.1 Å². The van der Waals surface area contributed by atoms with Gasteiger partial charge >= 0.3 is 0 Å². The summed E-state index contributed by atoms with van der Waals surface area (Å²) in [4.78, 5) is 11.6. The van der Waals surface area contributed by atoms with Crippen LogP contribution in [0, 0.1) is 0 Å². The maximum absolute atomic E-state index is 11.6. The fraction of sp³-hybridized carbons (Fsp3) is 0.200. The van der Waals surface area contributed by atoms with E-state index in [9.17, 15) is 4.79 Å². The largest absolute Gasteiger partial charge is 0.315 e.